The molecule has 0 amide bonds. The first-order valence-electron chi connectivity index (χ1n) is 7.26. The largest absolute Gasteiger partial charge is 0.356 e. The molecule has 2 aromatic rings. The Labute approximate surface area is 141 Å². The fourth-order valence-corrected chi connectivity index (χ4v) is 3.40. The Morgan fingerprint density at radius 3 is 2.86 bits per heavy atom. The number of halogens is 1. The summed E-state index contributed by atoms with van der Waals surface area (Å²) in [6.07, 6.45) is 1.92. The summed E-state index contributed by atoms with van der Waals surface area (Å²) in [5.41, 5.74) is 2.52. The molecule has 2 heterocycles. The van der Waals surface area contributed by atoms with Crippen LogP contribution in [-0.2, 0) is 13.6 Å². The summed E-state index contributed by atoms with van der Waals surface area (Å²) in [6, 6.07) is 4.16. The van der Waals surface area contributed by atoms with Crippen molar-refractivity contribution in [3.63, 3.8) is 0 Å². The second-order valence-corrected chi connectivity index (χ2v) is 6.72. The third kappa shape index (κ3) is 4.27. The molecule has 4 nitrogen and oxygen atoms in total. The van der Waals surface area contributed by atoms with Crippen molar-refractivity contribution in [1.29, 1.82) is 0 Å². The molecule has 120 valence electrons. The van der Waals surface area contributed by atoms with E-state index >= 15 is 0 Å². The van der Waals surface area contributed by atoms with Gasteiger partial charge in [0.05, 0.1) is 11.6 Å². The second kappa shape index (κ2) is 7.70. The van der Waals surface area contributed by atoms with E-state index in [2.05, 4.69) is 39.0 Å². The summed E-state index contributed by atoms with van der Waals surface area (Å²) in [4.78, 5) is 6.47. The minimum Gasteiger partial charge on any atom is -0.356 e. The average molecular weight is 339 g/mol. The second-order valence-electron chi connectivity index (χ2n) is 5.50. The number of aromatic nitrogens is 1. The monoisotopic (exact) mass is 338 g/mol. The minimum atomic E-state index is 0.459. The van der Waals surface area contributed by atoms with Crippen LogP contribution in [0.4, 0.5) is 0 Å². The standard InChI is InChI=1S/C16H23ClN4S/c1-12(13-5-6-22-11-13)8-19-16(18-2)21(4)10-15-7-14(17)9-20(15)3/h5-7,9,11-12H,8,10H2,1-4H3,(H,18,19). The van der Waals surface area contributed by atoms with Gasteiger partial charge in [-0.05, 0) is 34.4 Å². The van der Waals surface area contributed by atoms with E-state index < -0.39 is 0 Å². The predicted octanol–water partition coefficient (Wildman–Crippen LogP) is 3.55. The van der Waals surface area contributed by atoms with Gasteiger partial charge in [-0.25, -0.2) is 0 Å². The Morgan fingerprint density at radius 2 is 2.32 bits per heavy atom. The van der Waals surface area contributed by atoms with Crippen molar-refractivity contribution in [2.24, 2.45) is 12.0 Å². The number of nitrogens with one attached hydrogen (secondary N) is 1. The summed E-state index contributed by atoms with van der Waals surface area (Å²) in [6.45, 7) is 3.84. The number of aliphatic imine (C=N–C) groups is 1. The highest BCUT2D eigenvalue weighted by atomic mass is 35.5. The van der Waals surface area contributed by atoms with Crippen LogP contribution in [0.2, 0.25) is 5.02 Å². The fraction of sp³-hybridized carbons (Fsp3) is 0.438. The Balaban J connectivity index is 1.92. The third-order valence-electron chi connectivity index (χ3n) is 3.73. The smallest absolute Gasteiger partial charge is 0.193 e. The number of rotatable bonds is 5. The van der Waals surface area contributed by atoms with Crippen LogP contribution in [0.25, 0.3) is 0 Å². The number of hydrogen-bond acceptors (Lipinski definition) is 2. The highest BCUT2D eigenvalue weighted by molar-refractivity contribution is 7.07. The number of thiophene rings is 1. The maximum absolute atomic E-state index is 6.04. The van der Waals surface area contributed by atoms with Crippen LogP contribution >= 0.6 is 22.9 Å². The first-order chi connectivity index (χ1) is 10.5. The van der Waals surface area contributed by atoms with Gasteiger partial charge >= 0.3 is 0 Å². The Bertz CT molecular complexity index is 618. The molecule has 6 heteroatoms. The molecule has 1 unspecified atom stereocenters. The number of guanidine groups is 1. The molecule has 1 N–H and O–H groups in total. The fourth-order valence-electron chi connectivity index (χ4n) is 2.34. The molecule has 0 saturated carbocycles. The molecule has 2 rings (SSSR count). The molecule has 0 aromatic carbocycles. The van der Waals surface area contributed by atoms with Crippen LogP contribution in [0.1, 0.15) is 24.1 Å². The van der Waals surface area contributed by atoms with Crippen molar-refractivity contribution in [1.82, 2.24) is 14.8 Å². The van der Waals surface area contributed by atoms with Crippen molar-refractivity contribution in [3.8, 4) is 0 Å². The Hall–Kier alpha value is -1.46. The zero-order valence-electron chi connectivity index (χ0n) is 13.5. The number of nitrogens with zero attached hydrogens (tertiary/aromatic N) is 3. The van der Waals surface area contributed by atoms with E-state index in [0.29, 0.717) is 5.92 Å². The molecule has 0 aliphatic rings. The minimum absolute atomic E-state index is 0.459. The van der Waals surface area contributed by atoms with Crippen LogP contribution in [0, 0.1) is 0 Å². The van der Waals surface area contributed by atoms with Gasteiger partial charge in [0.15, 0.2) is 5.96 Å². The zero-order chi connectivity index (χ0) is 16.1. The molecule has 0 bridgehead atoms. The van der Waals surface area contributed by atoms with Crippen LogP contribution in [0.15, 0.2) is 34.1 Å². The van der Waals surface area contributed by atoms with Gasteiger partial charge < -0.3 is 14.8 Å². The van der Waals surface area contributed by atoms with Gasteiger partial charge in [0, 0.05) is 39.6 Å². The van der Waals surface area contributed by atoms with Gasteiger partial charge in [-0.15, -0.1) is 0 Å². The SMILES string of the molecule is CN=C(NCC(C)c1ccsc1)N(C)Cc1cc(Cl)cn1C. The van der Waals surface area contributed by atoms with E-state index in [-0.39, 0.29) is 0 Å². The van der Waals surface area contributed by atoms with Crippen molar-refractivity contribution < 1.29 is 0 Å². The molecular weight excluding hydrogens is 316 g/mol. The highest BCUT2D eigenvalue weighted by Crippen LogP contribution is 2.17. The zero-order valence-corrected chi connectivity index (χ0v) is 15.1. The van der Waals surface area contributed by atoms with E-state index in [0.717, 1.165) is 29.8 Å². The van der Waals surface area contributed by atoms with Crippen LogP contribution in [0.5, 0.6) is 0 Å². The molecule has 0 spiro atoms. The van der Waals surface area contributed by atoms with Gasteiger partial charge in [0.25, 0.3) is 0 Å². The van der Waals surface area contributed by atoms with Crippen LogP contribution < -0.4 is 5.32 Å². The Kier molecular flexibility index (Phi) is 5.91. The van der Waals surface area contributed by atoms with E-state index in [1.54, 1.807) is 11.3 Å². The summed E-state index contributed by atoms with van der Waals surface area (Å²) < 4.78 is 2.04. The van der Waals surface area contributed by atoms with Crippen LogP contribution in [0.3, 0.4) is 0 Å². The topological polar surface area (TPSA) is 32.6 Å². The third-order valence-corrected chi connectivity index (χ3v) is 4.63. The van der Waals surface area contributed by atoms with Crippen molar-refractivity contribution >= 4 is 28.9 Å². The van der Waals surface area contributed by atoms with E-state index in [9.17, 15) is 0 Å². The predicted molar refractivity (Wildman–Crippen MR) is 96.0 cm³/mol. The molecule has 22 heavy (non-hydrogen) atoms. The van der Waals surface area contributed by atoms with Gasteiger partial charge in [0.2, 0.25) is 0 Å². The highest BCUT2D eigenvalue weighted by Gasteiger charge is 2.12. The van der Waals surface area contributed by atoms with Gasteiger partial charge in [-0.3, -0.25) is 4.99 Å². The van der Waals surface area contributed by atoms with Crippen LogP contribution in [-0.4, -0.2) is 36.1 Å². The number of aryl methyl sites for hydroxylation is 1. The first kappa shape index (κ1) is 16.9. The molecular formula is C16H23ClN4S. The molecule has 0 saturated heterocycles. The van der Waals surface area contributed by atoms with E-state index in [1.807, 2.05) is 38.0 Å². The van der Waals surface area contributed by atoms with Crippen molar-refractivity contribution in [3.05, 3.63) is 45.4 Å². The lowest BCUT2D eigenvalue weighted by atomic mass is 10.1. The molecule has 0 radical (unpaired) electrons. The maximum Gasteiger partial charge on any atom is 0.193 e. The average Bonchev–Trinajstić information content (AvgIpc) is 3.10. The summed E-state index contributed by atoms with van der Waals surface area (Å²) >= 11 is 7.77. The molecule has 0 aliphatic carbocycles. The summed E-state index contributed by atoms with van der Waals surface area (Å²) in [5.74, 6) is 1.35. The first-order valence-corrected chi connectivity index (χ1v) is 8.58. The van der Waals surface area contributed by atoms with Gasteiger partial charge in [0.1, 0.15) is 0 Å². The lowest BCUT2D eigenvalue weighted by Gasteiger charge is -2.23. The molecule has 2 aromatic heterocycles. The van der Waals surface area contributed by atoms with Crippen molar-refractivity contribution in [2.45, 2.75) is 19.4 Å². The summed E-state index contributed by atoms with van der Waals surface area (Å²) in [7, 11) is 5.85. The van der Waals surface area contributed by atoms with E-state index in [4.69, 9.17) is 11.6 Å². The lowest BCUT2D eigenvalue weighted by molar-refractivity contribution is 0.459. The maximum atomic E-state index is 6.04. The summed E-state index contributed by atoms with van der Waals surface area (Å²) in [5, 5.41) is 8.52. The lowest BCUT2D eigenvalue weighted by Crippen LogP contribution is -2.40. The molecule has 0 fully saturated rings. The number of hydrogen-bond donors (Lipinski definition) is 1. The quantitative estimate of drug-likeness (QED) is 0.668. The molecule has 0 aliphatic heterocycles. The van der Waals surface area contributed by atoms with Gasteiger partial charge in [-0.1, -0.05) is 18.5 Å². The van der Waals surface area contributed by atoms with Gasteiger partial charge in [-0.2, -0.15) is 11.3 Å². The normalized spacial score (nSPS) is 13.2. The molecule has 1 atom stereocenters. The Morgan fingerprint density at radius 1 is 1.55 bits per heavy atom. The van der Waals surface area contributed by atoms with Crippen molar-refractivity contribution in [2.75, 3.05) is 20.6 Å². The van der Waals surface area contributed by atoms with E-state index in [1.165, 1.54) is 5.56 Å².